The average molecular weight is 631 g/mol. The number of piperidine rings is 1. The van der Waals surface area contributed by atoms with Crippen LogP contribution in [0.4, 0.5) is 5.69 Å². The van der Waals surface area contributed by atoms with Gasteiger partial charge in [0.05, 0.1) is 31.8 Å². The summed E-state index contributed by atoms with van der Waals surface area (Å²) in [7, 11) is 1.57. The van der Waals surface area contributed by atoms with Crippen molar-refractivity contribution in [3.05, 3.63) is 136 Å². The van der Waals surface area contributed by atoms with Gasteiger partial charge in [0.1, 0.15) is 11.4 Å². The van der Waals surface area contributed by atoms with Gasteiger partial charge in [-0.05, 0) is 84.8 Å². The summed E-state index contributed by atoms with van der Waals surface area (Å²) in [4.78, 5) is 36.8. The number of methoxy groups -OCH3 is 1. The quantitative estimate of drug-likeness (QED) is 0.197. The largest absolute Gasteiger partial charge is 0.496 e. The van der Waals surface area contributed by atoms with E-state index in [1.54, 1.807) is 24.3 Å². The maximum absolute atomic E-state index is 14.5. The number of amides is 2. The number of ether oxygens (including phenoxy) is 1. The van der Waals surface area contributed by atoms with E-state index in [-0.39, 0.29) is 24.4 Å². The molecule has 5 aromatic rings. The molecule has 0 N–H and O–H groups in total. The lowest BCUT2D eigenvalue weighted by atomic mass is 9.96. The first kappa shape index (κ1) is 29.8. The zero-order chi connectivity index (χ0) is 31.8. The number of likely N-dealkylation sites (tertiary alicyclic amines) is 1. The fourth-order valence-electron chi connectivity index (χ4n) is 6.89. The summed E-state index contributed by atoms with van der Waals surface area (Å²) in [5, 5.41) is 0.475. The third kappa shape index (κ3) is 5.35. The van der Waals surface area contributed by atoms with Crippen molar-refractivity contribution < 1.29 is 14.3 Å². The van der Waals surface area contributed by atoms with Gasteiger partial charge in [-0.15, -0.1) is 0 Å². The number of pyridine rings is 1. The Kier molecular flexibility index (Phi) is 8.09. The highest BCUT2D eigenvalue weighted by Gasteiger charge is 2.33. The Morgan fingerprint density at radius 3 is 2.52 bits per heavy atom. The summed E-state index contributed by atoms with van der Waals surface area (Å²) in [5.74, 6) is 0.224. The average Bonchev–Trinajstić information content (AvgIpc) is 3.41. The van der Waals surface area contributed by atoms with Crippen LogP contribution >= 0.6 is 11.6 Å². The maximum atomic E-state index is 14.5. The van der Waals surface area contributed by atoms with Crippen LogP contribution in [0, 0.1) is 6.92 Å². The van der Waals surface area contributed by atoms with E-state index in [9.17, 15) is 9.59 Å². The Bertz CT molecular complexity index is 1940. The Balaban J connectivity index is 1.25. The van der Waals surface area contributed by atoms with E-state index >= 15 is 0 Å². The minimum Gasteiger partial charge on any atom is -0.496 e. The molecule has 232 valence electrons. The zero-order valence-electron chi connectivity index (χ0n) is 25.9. The number of rotatable bonds is 5. The van der Waals surface area contributed by atoms with E-state index in [1.807, 2.05) is 90.8 Å². The molecule has 7 rings (SSSR count). The van der Waals surface area contributed by atoms with Gasteiger partial charge in [-0.1, -0.05) is 60.1 Å². The molecule has 1 fully saturated rings. The van der Waals surface area contributed by atoms with Crippen LogP contribution in [0.2, 0.25) is 5.02 Å². The molecule has 7 nitrogen and oxygen atoms in total. The Morgan fingerprint density at radius 1 is 0.891 bits per heavy atom. The first-order valence-corrected chi connectivity index (χ1v) is 16.0. The molecular weight excluding hydrogens is 596 g/mol. The molecule has 1 unspecified atom stereocenters. The lowest BCUT2D eigenvalue weighted by molar-refractivity contribution is 0.0600. The Morgan fingerprint density at radius 2 is 1.72 bits per heavy atom. The van der Waals surface area contributed by atoms with Crippen LogP contribution in [-0.2, 0) is 13.1 Å². The first-order valence-electron chi connectivity index (χ1n) is 15.7. The van der Waals surface area contributed by atoms with Gasteiger partial charge in [-0.2, -0.15) is 0 Å². The molecule has 1 saturated heterocycles. The van der Waals surface area contributed by atoms with Crippen LogP contribution in [0.1, 0.15) is 68.5 Å². The van der Waals surface area contributed by atoms with Crippen molar-refractivity contribution in [2.45, 2.75) is 45.3 Å². The van der Waals surface area contributed by atoms with E-state index in [4.69, 9.17) is 16.3 Å². The number of aryl methyl sites for hydroxylation is 1. The van der Waals surface area contributed by atoms with Crippen molar-refractivity contribution in [1.29, 1.82) is 0 Å². The van der Waals surface area contributed by atoms with Crippen molar-refractivity contribution >= 4 is 29.1 Å². The van der Waals surface area contributed by atoms with E-state index < -0.39 is 0 Å². The molecule has 0 radical (unpaired) electrons. The van der Waals surface area contributed by atoms with Gasteiger partial charge in [0, 0.05) is 40.9 Å². The SMILES string of the molecule is COc1cc(-c2ccccc2C)c(Cl)cc1C(=O)N1Cc2ccc(C(=O)N3CCCCC3c3cccnc3)n2Cc2ccccc21. The highest BCUT2D eigenvalue weighted by molar-refractivity contribution is 6.34. The molecule has 0 saturated carbocycles. The molecule has 0 aliphatic carbocycles. The van der Waals surface area contributed by atoms with Crippen LogP contribution in [0.15, 0.2) is 97.3 Å². The monoisotopic (exact) mass is 630 g/mol. The van der Waals surface area contributed by atoms with Crippen molar-refractivity contribution in [2.75, 3.05) is 18.6 Å². The molecule has 2 aromatic heterocycles. The molecule has 0 spiro atoms. The summed E-state index contributed by atoms with van der Waals surface area (Å²) < 4.78 is 7.85. The number of hydrogen-bond donors (Lipinski definition) is 0. The Labute approximate surface area is 274 Å². The lowest BCUT2D eigenvalue weighted by Crippen LogP contribution is -2.39. The number of para-hydroxylation sites is 1. The number of carbonyl (C=O) groups excluding carboxylic acids is 2. The van der Waals surface area contributed by atoms with Crippen molar-refractivity contribution in [3.63, 3.8) is 0 Å². The number of hydrogen-bond acceptors (Lipinski definition) is 4. The van der Waals surface area contributed by atoms with Gasteiger partial charge in [-0.25, -0.2) is 0 Å². The number of nitrogens with zero attached hydrogens (tertiary/aromatic N) is 4. The third-order valence-electron chi connectivity index (χ3n) is 9.25. The van der Waals surface area contributed by atoms with Crippen molar-refractivity contribution in [1.82, 2.24) is 14.5 Å². The second-order valence-corrected chi connectivity index (χ2v) is 12.4. The molecule has 1 atom stereocenters. The predicted octanol–water partition coefficient (Wildman–Crippen LogP) is 8.10. The van der Waals surface area contributed by atoms with Crippen LogP contribution < -0.4 is 9.64 Å². The topological polar surface area (TPSA) is 67.7 Å². The number of benzene rings is 3. The van der Waals surface area contributed by atoms with Crippen LogP contribution in [0.3, 0.4) is 0 Å². The number of fused-ring (bicyclic) bond motifs is 2. The second kappa shape index (κ2) is 12.5. The van der Waals surface area contributed by atoms with Gasteiger partial charge in [-0.3, -0.25) is 14.6 Å². The van der Waals surface area contributed by atoms with E-state index in [2.05, 4.69) is 15.6 Å². The highest BCUT2D eigenvalue weighted by atomic mass is 35.5. The molecule has 4 heterocycles. The van der Waals surface area contributed by atoms with E-state index in [0.717, 1.165) is 58.5 Å². The van der Waals surface area contributed by atoms with Gasteiger partial charge in [0.25, 0.3) is 11.8 Å². The normalized spacial score (nSPS) is 15.9. The van der Waals surface area contributed by atoms with Gasteiger partial charge in [0.15, 0.2) is 0 Å². The minimum atomic E-state index is -0.224. The number of aromatic nitrogens is 2. The van der Waals surface area contributed by atoms with Crippen molar-refractivity contribution in [2.24, 2.45) is 0 Å². The minimum absolute atomic E-state index is 0.00249. The van der Waals surface area contributed by atoms with E-state index in [1.165, 1.54) is 0 Å². The fourth-order valence-corrected chi connectivity index (χ4v) is 7.15. The maximum Gasteiger partial charge on any atom is 0.271 e. The smallest absolute Gasteiger partial charge is 0.271 e. The third-order valence-corrected chi connectivity index (χ3v) is 9.57. The number of halogens is 1. The molecule has 3 aromatic carbocycles. The summed E-state index contributed by atoms with van der Waals surface area (Å²) in [6.45, 7) is 3.48. The summed E-state index contributed by atoms with van der Waals surface area (Å²) >= 11 is 6.85. The van der Waals surface area contributed by atoms with Gasteiger partial charge < -0.3 is 19.1 Å². The predicted molar refractivity (Wildman–Crippen MR) is 181 cm³/mol. The van der Waals surface area contributed by atoms with Gasteiger partial charge >= 0.3 is 0 Å². The molecule has 2 amide bonds. The molecular formula is C38H35ClN4O3. The first-order chi connectivity index (χ1) is 22.4. The molecule has 0 bridgehead atoms. The van der Waals surface area contributed by atoms with Crippen LogP contribution in [0.5, 0.6) is 5.75 Å². The molecule has 2 aliphatic rings. The highest BCUT2D eigenvalue weighted by Crippen LogP contribution is 2.39. The standard InChI is InChI=1S/C38H35ClN4O3/c1-25-10-3-5-13-29(25)30-21-36(46-2)31(20-32(30)39)37(44)43-24-28-16-17-35(42(28)23-27-11-4-6-14-34(27)43)38(45)41-19-8-7-15-33(41)26-12-9-18-40-22-26/h3-6,9-14,16-18,20-22,33H,7-8,15,19,23-24H2,1-2H3. The molecule has 46 heavy (non-hydrogen) atoms. The molecule has 8 heteroatoms. The molecule has 2 aliphatic heterocycles. The summed E-state index contributed by atoms with van der Waals surface area (Å²) in [6, 6.07) is 27.3. The summed E-state index contributed by atoms with van der Waals surface area (Å²) in [5.41, 5.74) is 7.55. The second-order valence-electron chi connectivity index (χ2n) is 12.0. The lowest BCUT2D eigenvalue weighted by Gasteiger charge is -2.36. The van der Waals surface area contributed by atoms with Crippen molar-refractivity contribution in [3.8, 4) is 16.9 Å². The summed E-state index contributed by atoms with van der Waals surface area (Å²) in [6.07, 6.45) is 6.57. The van der Waals surface area contributed by atoms with Crippen LogP contribution in [0.25, 0.3) is 11.1 Å². The van der Waals surface area contributed by atoms with Crippen LogP contribution in [-0.4, -0.2) is 39.9 Å². The van der Waals surface area contributed by atoms with E-state index in [0.29, 0.717) is 35.1 Å². The van der Waals surface area contributed by atoms with Gasteiger partial charge in [0.2, 0.25) is 0 Å². The number of anilines is 1. The zero-order valence-corrected chi connectivity index (χ0v) is 26.7. The fraction of sp³-hybridized carbons (Fsp3) is 0.237. The Hall–Kier alpha value is -4.88. The number of carbonyl (C=O) groups is 2.